The lowest BCUT2D eigenvalue weighted by Crippen LogP contribution is -2.34. The molecule has 0 saturated carbocycles. The number of benzene rings is 1. The first-order valence-corrected chi connectivity index (χ1v) is 8.89. The molecule has 0 N–H and O–H groups in total. The van der Waals surface area contributed by atoms with Gasteiger partial charge in [0.1, 0.15) is 0 Å². The first kappa shape index (κ1) is 17.5. The summed E-state index contributed by atoms with van der Waals surface area (Å²) in [7, 11) is 0. The molecule has 0 aliphatic carbocycles. The molecule has 1 aromatic carbocycles. The molecule has 120 valence electrons. The van der Waals surface area contributed by atoms with Gasteiger partial charge in [0, 0.05) is 13.1 Å². The molecule has 2 aliphatic rings. The molecule has 1 saturated heterocycles. The second-order valence-corrected chi connectivity index (χ2v) is 6.82. The van der Waals surface area contributed by atoms with E-state index in [0.29, 0.717) is 5.25 Å². The SMILES string of the molecule is Br.CCC1SC(N2CCCCCC2)=NN=C1c1ccccc1. The minimum absolute atomic E-state index is 0. The van der Waals surface area contributed by atoms with Crippen molar-refractivity contribution in [2.24, 2.45) is 10.2 Å². The Labute approximate surface area is 148 Å². The fraction of sp³-hybridized carbons (Fsp3) is 0.529. The van der Waals surface area contributed by atoms with Crippen LogP contribution in [0.4, 0.5) is 0 Å². The van der Waals surface area contributed by atoms with Crippen LogP contribution in [0.15, 0.2) is 40.5 Å². The highest BCUT2D eigenvalue weighted by Gasteiger charge is 2.26. The zero-order valence-electron chi connectivity index (χ0n) is 13.1. The Morgan fingerprint density at radius 1 is 1.05 bits per heavy atom. The molecule has 1 fully saturated rings. The van der Waals surface area contributed by atoms with Crippen molar-refractivity contribution in [3.8, 4) is 0 Å². The Kier molecular flexibility index (Phi) is 6.96. The lowest BCUT2D eigenvalue weighted by molar-refractivity contribution is 0.441. The Morgan fingerprint density at radius 3 is 2.36 bits per heavy atom. The predicted molar refractivity (Wildman–Crippen MR) is 102 cm³/mol. The summed E-state index contributed by atoms with van der Waals surface area (Å²) in [4.78, 5) is 2.44. The molecule has 5 heteroatoms. The normalized spacial score (nSPS) is 22.2. The van der Waals surface area contributed by atoms with Gasteiger partial charge in [-0.15, -0.1) is 22.1 Å². The minimum atomic E-state index is 0. The maximum absolute atomic E-state index is 4.58. The molecule has 0 radical (unpaired) electrons. The Hall–Kier alpha value is -0.810. The number of thioether (sulfide) groups is 1. The smallest absolute Gasteiger partial charge is 0.186 e. The van der Waals surface area contributed by atoms with Gasteiger partial charge in [0.25, 0.3) is 0 Å². The van der Waals surface area contributed by atoms with Crippen LogP contribution in [0.2, 0.25) is 0 Å². The third kappa shape index (κ3) is 4.13. The number of halogens is 1. The maximum Gasteiger partial charge on any atom is 0.186 e. The number of hydrogen-bond donors (Lipinski definition) is 0. The Morgan fingerprint density at radius 2 is 1.73 bits per heavy atom. The molecule has 2 aliphatic heterocycles. The largest absolute Gasteiger partial charge is 0.350 e. The van der Waals surface area contributed by atoms with E-state index < -0.39 is 0 Å². The summed E-state index contributed by atoms with van der Waals surface area (Å²) in [6, 6.07) is 10.5. The fourth-order valence-corrected chi connectivity index (χ4v) is 4.03. The van der Waals surface area contributed by atoms with Gasteiger partial charge in [-0.3, -0.25) is 0 Å². The van der Waals surface area contributed by atoms with Crippen LogP contribution < -0.4 is 0 Å². The molecule has 1 aromatic rings. The molecule has 0 bridgehead atoms. The standard InChI is InChI=1S/C17H23N3S.BrH/c1-2-15-16(14-10-6-5-7-11-14)18-19-17(21-15)20-12-8-3-4-9-13-20;/h5-7,10-11,15H,2-4,8-9,12-13H2,1H3;1H. The third-order valence-corrected chi connectivity index (χ3v) is 5.50. The molecular weight excluding hydrogens is 358 g/mol. The molecule has 2 heterocycles. The molecule has 0 amide bonds. The lowest BCUT2D eigenvalue weighted by atomic mass is 10.1. The molecular formula is C17H24BrN3S. The van der Waals surface area contributed by atoms with Crippen LogP contribution in [0.3, 0.4) is 0 Å². The van der Waals surface area contributed by atoms with Crippen molar-refractivity contribution in [3.63, 3.8) is 0 Å². The van der Waals surface area contributed by atoms with E-state index in [2.05, 4.69) is 46.3 Å². The van der Waals surface area contributed by atoms with Crippen LogP contribution >= 0.6 is 28.7 Å². The number of hydrogen-bond acceptors (Lipinski definition) is 4. The van der Waals surface area contributed by atoms with Crippen LogP contribution in [-0.2, 0) is 0 Å². The van der Waals surface area contributed by atoms with Crippen molar-refractivity contribution < 1.29 is 0 Å². The average Bonchev–Trinajstić information content (AvgIpc) is 2.84. The fourth-order valence-electron chi connectivity index (χ4n) is 2.90. The summed E-state index contributed by atoms with van der Waals surface area (Å²) in [6.45, 7) is 4.51. The van der Waals surface area contributed by atoms with Crippen molar-refractivity contribution in [2.75, 3.05) is 13.1 Å². The molecule has 22 heavy (non-hydrogen) atoms. The first-order chi connectivity index (χ1) is 10.4. The van der Waals surface area contributed by atoms with Crippen molar-refractivity contribution >= 4 is 39.6 Å². The second-order valence-electron chi connectivity index (χ2n) is 5.65. The number of likely N-dealkylation sites (tertiary alicyclic amines) is 1. The number of nitrogens with zero attached hydrogens (tertiary/aromatic N) is 3. The summed E-state index contributed by atoms with van der Waals surface area (Å²) in [5.74, 6) is 0. The summed E-state index contributed by atoms with van der Waals surface area (Å²) in [5, 5.41) is 10.7. The minimum Gasteiger partial charge on any atom is -0.350 e. The van der Waals surface area contributed by atoms with Gasteiger partial charge < -0.3 is 4.90 Å². The maximum atomic E-state index is 4.58. The molecule has 1 unspecified atom stereocenters. The summed E-state index contributed by atoms with van der Waals surface area (Å²) in [6.07, 6.45) is 6.36. The van der Waals surface area contributed by atoms with Gasteiger partial charge in [0.05, 0.1) is 11.0 Å². The predicted octanol–water partition coefficient (Wildman–Crippen LogP) is 4.73. The van der Waals surface area contributed by atoms with Gasteiger partial charge >= 0.3 is 0 Å². The monoisotopic (exact) mass is 381 g/mol. The molecule has 3 rings (SSSR count). The highest BCUT2D eigenvalue weighted by molar-refractivity contribution is 8.93. The topological polar surface area (TPSA) is 28.0 Å². The molecule has 1 atom stereocenters. The Balaban J connectivity index is 0.00000176. The van der Waals surface area contributed by atoms with Gasteiger partial charge in [-0.05, 0) is 24.8 Å². The van der Waals surface area contributed by atoms with Crippen LogP contribution in [0, 0.1) is 0 Å². The van der Waals surface area contributed by atoms with Crippen LogP contribution in [0.5, 0.6) is 0 Å². The average molecular weight is 382 g/mol. The second kappa shape index (κ2) is 8.73. The van der Waals surface area contributed by atoms with Gasteiger partial charge in [0.15, 0.2) is 5.17 Å². The van der Waals surface area contributed by atoms with E-state index in [1.165, 1.54) is 31.2 Å². The van der Waals surface area contributed by atoms with Crippen LogP contribution in [0.1, 0.15) is 44.6 Å². The van der Waals surface area contributed by atoms with E-state index in [1.807, 2.05) is 17.8 Å². The van der Waals surface area contributed by atoms with Crippen molar-refractivity contribution in [2.45, 2.75) is 44.3 Å². The van der Waals surface area contributed by atoms with Gasteiger partial charge in [-0.1, -0.05) is 61.9 Å². The first-order valence-electron chi connectivity index (χ1n) is 8.01. The lowest BCUT2D eigenvalue weighted by Gasteiger charge is -2.28. The van der Waals surface area contributed by atoms with E-state index in [4.69, 9.17) is 0 Å². The third-order valence-electron chi connectivity index (χ3n) is 4.11. The number of amidine groups is 1. The number of rotatable bonds is 2. The van der Waals surface area contributed by atoms with Crippen molar-refractivity contribution in [1.29, 1.82) is 0 Å². The van der Waals surface area contributed by atoms with Crippen molar-refractivity contribution in [1.82, 2.24) is 4.90 Å². The van der Waals surface area contributed by atoms with E-state index in [1.54, 1.807) is 0 Å². The van der Waals surface area contributed by atoms with E-state index in [-0.39, 0.29) is 17.0 Å². The van der Waals surface area contributed by atoms with Gasteiger partial charge in [-0.2, -0.15) is 5.10 Å². The summed E-state index contributed by atoms with van der Waals surface area (Å²) >= 11 is 1.90. The quantitative estimate of drug-likeness (QED) is 0.740. The highest BCUT2D eigenvalue weighted by Crippen LogP contribution is 2.28. The molecule has 0 spiro atoms. The van der Waals surface area contributed by atoms with Crippen molar-refractivity contribution in [3.05, 3.63) is 35.9 Å². The van der Waals surface area contributed by atoms with Crippen LogP contribution in [-0.4, -0.2) is 34.1 Å². The van der Waals surface area contributed by atoms with E-state index >= 15 is 0 Å². The molecule has 3 nitrogen and oxygen atoms in total. The highest BCUT2D eigenvalue weighted by atomic mass is 79.9. The van der Waals surface area contributed by atoms with Crippen LogP contribution in [0.25, 0.3) is 0 Å². The summed E-state index contributed by atoms with van der Waals surface area (Å²) in [5.41, 5.74) is 2.33. The van der Waals surface area contributed by atoms with E-state index in [0.717, 1.165) is 30.4 Å². The van der Waals surface area contributed by atoms with E-state index in [9.17, 15) is 0 Å². The van der Waals surface area contributed by atoms with Gasteiger partial charge in [0.2, 0.25) is 0 Å². The molecule has 0 aromatic heterocycles. The summed E-state index contributed by atoms with van der Waals surface area (Å²) < 4.78 is 0. The zero-order valence-corrected chi connectivity index (χ0v) is 15.6. The zero-order chi connectivity index (χ0) is 14.5. The Bertz CT molecular complexity index is 522. The van der Waals surface area contributed by atoms with Gasteiger partial charge in [-0.25, -0.2) is 0 Å².